The second-order valence-corrected chi connectivity index (χ2v) is 9.70. The van der Waals surface area contributed by atoms with Crippen molar-refractivity contribution in [3.8, 4) is 17.0 Å². The molecule has 0 unspecified atom stereocenters. The molecule has 1 aromatic heterocycles. The van der Waals surface area contributed by atoms with E-state index in [1.165, 1.54) is 6.07 Å². The summed E-state index contributed by atoms with van der Waals surface area (Å²) in [4.78, 5) is 3.94. The minimum absolute atomic E-state index is 0.130. The van der Waals surface area contributed by atoms with Gasteiger partial charge in [0.1, 0.15) is 6.10 Å². The van der Waals surface area contributed by atoms with E-state index >= 15 is 0 Å². The van der Waals surface area contributed by atoms with Crippen molar-refractivity contribution >= 4 is 10.0 Å². The standard InChI is InChI=1S/C24H23F3N2O3S/c25-24(26,27)19-8-15-23(28-16-19)32-21-11-9-20(10-12-21)29-33(30,31)22-13-6-18(7-14-22)17-4-2-1-3-5-17/h1-8,13-16,20-21,29H,9-12H2. The molecule has 0 radical (unpaired) electrons. The Labute approximate surface area is 190 Å². The average molecular weight is 477 g/mol. The van der Waals surface area contributed by atoms with Crippen LogP contribution in [0.5, 0.6) is 5.88 Å². The van der Waals surface area contributed by atoms with E-state index in [1.807, 2.05) is 30.3 Å². The molecule has 0 spiro atoms. The number of pyridine rings is 1. The topological polar surface area (TPSA) is 68.3 Å². The Kier molecular flexibility index (Phi) is 6.71. The third kappa shape index (κ3) is 5.91. The Morgan fingerprint density at radius 3 is 2.06 bits per heavy atom. The van der Waals surface area contributed by atoms with E-state index in [2.05, 4.69) is 9.71 Å². The largest absolute Gasteiger partial charge is 0.474 e. The Morgan fingerprint density at radius 1 is 0.848 bits per heavy atom. The van der Waals surface area contributed by atoms with Crippen LogP contribution in [-0.2, 0) is 16.2 Å². The zero-order valence-corrected chi connectivity index (χ0v) is 18.4. The van der Waals surface area contributed by atoms with Crippen molar-refractivity contribution in [1.29, 1.82) is 0 Å². The van der Waals surface area contributed by atoms with Crippen LogP contribution in [0.25, 0.3) is 11.1 Å². The maximum Gasteiger partial charge on any atom is 0.417 e. The van der Waals surface area contributed by atoms with Gasteiger partial charge in [0.15, 0.2) is 0 Å². The fourth-order valence-electron chi connectivity index (χ4n) is 3.83. The molecule has 2 aromatic carbocycles. The summed E-state index contributed by atoms with van der Waals surface area (Å²) in [5, 5.41) is 0. The quantitative estimate of drug-likeness (QED) is 0.515. The number of alkyl halides is 3. The fourth-order valence-corrected chi connectivity index (χ4v) is 5.14. The summed E-state index contributed by atoms with van der Waals surface area (Å²) < 4.78 is 71.9. The van der Waals surface area contributed by atoms with Gasteiger partial charge in [0, 0.05) is 18.3 Å². The summed E-state index contributed by atoms with van der Waals surface area (Å²) in [6, 6.07) is 18.4. The molecule has 33 heavy (non-hydrogen) atoms. The molecule has 174 valence electrons. The first kappa shape index (κ1) is 23.3. The van der Waals surface area contributed by atoms with E-state index in [0.717, 1.165) is 23.4 Å². The molecule has 0 amide bonds. The first-order chi connectivity index (χ1) is 15.7. The van der Waals surface area contributed by atoms with Crippen LogP contribution in [0.15, 0.2) is 77.8 Å². The van der Waals surface area contributed by atoms with Gasteiger partial charge in [-0.3, -0.25) is 0 Å². The number of hydrogen-bond acceptors (Lipinski definition) is 4. The number of ether oxygens (including phenoxy) is 1. The number of sulfonamides is 1. The third-order valence-corrected chi connectivity index (χ3v) is 7.16. The van der Waals surface area contributed by atoms with Gasteiger partial charge in [0.25, 0.3) is 0 Å². The first-order valence-corrected chi connectivity index (χ1v) is 12.1. The van der Waals surface area contributed by atoms with Crippen LogP contribution in [0.3, 0.4) is 0 Å². The van der Waals surface area contributed by atoms with Gasteiger partial charge in [-0.05, 0) is 55.0 Å². The van der Waals surface area contributed by atoms with Gasteiger partial charge in [-0.1, -0.05) is 42.5 Å². The van der Waals surface area contributed by atoms with E-state index in [9.17, 15) is 21.6 Å². The van der Waals surface area contributed by atoms with Gasteiger partial charge in [0.05, 0.1) is 10.5 Å². The highest BCUT2D eigenvalue weighted by Gasteiger charge is 2.31. The molecule has 0 aliphatic heterocycles. The number of aromatic nitrogens is 1. The van der Waals surface area contributed by atoms with Gasteiger partial charge < -0.3 is 4.74 Å². The minimum atomic E-state index is -4.44. The van der Waals surface area contributed by atoms with Crippen molar-refractivity contribution in [3.63, 3.8) is 0 Å². The maximum atomic E-state index is 12.8. The van der Waals surface area contributed by atoms with Crippen molar-refractivity contribution in [2.45, 2.75) is 48.9 Å². The molecule has 1 fully saturated rings. The van der Waals surface area contributed by atoms with E-state index < -0.39 is 21.8 Å². The maximum absolute atomic E-state index is 12.8. The van der Waals surface area contributed by atoms with Crippen molar-refractivity contribution < 1.29 is 26.3 Å². The lowest BCUT2D eigenvalue weighted by Gasteiger charge is -2.29. The predicted octanol–water partition coefficient (Wildman–Crippen LogP) is 5.44. The molecule has 4 rings (SSSR count). The Bertz CT molecular complexity index is 1160. The van der Waals surface area contributed by atoms with E-state index in [0.29, 0.717) is 25.7 Å². The molecular formula is C24H23F3N2O3S. The molecule has 1 N–H and O–H groups in total. The Hall–Kier alpha value is -2.91. The molecule has 1 aliphatic rings. The number of hydrogen-bond donors (Lipinski definition) is 1. The van der Waals surface area contributed by atoms with Crippen molar-refractivity contribution in [3.05, 3.63) is 78.5 Å². The van der Waals surface area contributed by atoms with Crippen LogP contribution in [0, 0.1) is 0 Å². The zero-order chi connectivity index (χ0) is 23.5. The highest BCUT2D eigenvalue weighted by Crippen LogP contribution is 2.30. The van der Waals surface area contributed by atoms with E-state index in [4.69, 9.17) is 4.74 Å². The molecule has 1 aliphatic carbocycles. The van der Waals surface area contributed by atoms with Gasteiger partial charge in [0.2, 0.25) is 15.9 Å². The monoisotopic (exact) mass is 476 g/mol. The van der Waals surface area contributed by atoms with Crippen LogP contribution in [0.1, 0.15) is 31.2 Å². The van der Waals surface area contributed by atoms with Gasteiger partial charge in [-0.15, -0.1) is 0 Å². The summed E-state index contributed by atoms with van der Waals surface area (Å²) in [5.41, 5.74) is 1.11. The molecule has 0 saturated heterocycles. The lowest BCUT2D eigenvalue weighted by Crippen LogP contribution is -2.39. The van der Waals surface area contributed by atoms with Gasteiger partial charge >= 0.3 is 6.18 Å². The third-order valence-electron chi connectivity index (χ3n) is 5.62. The summed E-state index contributed by atoms with van der Waals surface area (Å²) in [6.45, 7) is 0. The highest BCUT2D eigenvalue weighted by molar-refractivity contribution is 7.89. The summed E-state index contributed by atoms with van der Waals surface area (Å²) in [5.74, 6) is 0.130. The van der Waals surface area contributed by atoms with E-state index in [1.54, 1.807) is 24.3 Å². The van der Waals surface area contributed by atoms with Crippen molar-refractivity contribution in [2.24, 2.45) is 0 Å². The van der Waals surface area contributed by atoms with E-state index in [-0.39, 0.29) is 22.9 Å². The number of halogens is 3. The summed E-state index contributed by atoms with van der Waals surface area (Å²) >= 11 is 0. The second-order valence-electron chi connectivity index (χ2n) is 7.99. The first-order valence-electron chi connectivity index (χ1n) is 10.6. The van der Waals surface area contributed by atoms with Crippen LogP contribution in [-0.4, -0.2) is 25.5 Å². The Balaban J connectivity index is 1.31. The normalized spacial score (nSPS) is 19.2. The number of benzene rings is 2. The zero-order valence-electron chi connectivity index (χ0n) is 17.6. The number of rotatable bonds is 6. The lowest BCUT2D eigenvalue weighted by atomic mass is 9.94. The van der Waals surface area contributed by atoms with Crippen LogP contribution >= 0.6 is 0 Å². The van der Waals surface area contributed by atoms with Crippen LogP contribution in [0.4, 0.5) is 13.2 Å². The highest BCUT2D eigenvalue weighted by atomic mass is 32.2. The molecule has 1 heterocycles. The number of nitrogens with zero attached hydrogens (tertiary/aromatic N) is 1. The predicted molar refractivity (Wildman–Crippen MR) is 118 cm³/mol. The number of nitrogens with one attached hydrogen (secondary N) is 1. The Morgan fingerprint density at radius 2 is 1.48 bits per heavy atom. The van der Waals surface area contributed by atoms with Crippen molar-refractivity contribution in [1.82, 2.24) is 9.71 Å². The van der Waals surface area contributed by atoms with Crippen molar-refractivity contribution in [2.75, 3.05) is 0 Å². The lowest BCUT2D eigenvalue weighted by molar-refractivity contribution is -0.137. The van der Waals surface area contributed by atoms with Gasteiger partial charge in [-0.25, -0.2) is 18.1 Å². The summed E-state index contributed by atoms with van der Waals surface area (Å²) in [6.07, 6.45) is -1.65. The van der Waals surface area contributed by atoms with Gasteiger partial charge in [-0.2, -0.15) is 13.2 Å². The smallest absolute Gasteiger partial charge is 0.417 e. The van der Waals surface area contributed by atoms with Crippen LogP contribution < -0.4 is 9.46 Å². The minimum Gasteiger partial charge on any atom is -0.474 e. The molecule has 3 aromatic rings. The fraction of sp³-hybridized carbons (Fsp3) is 0.292. The molecular weight excluding hydrogens is 453 g/mol. The molecule has 9 heteroatoms. The SMILES string of the molecule is O=S(=O)(NC1CCC(Oc2ccc(C(F)(F)F)cn2)CC1)c1ccc(-c2ccccc2)cc1. The molecule has 0 atom stereocenters. The molecule has 5 nitrogen and oxygen atoms in total. The molecule has 0 bridgehead atoms. The second kappa shape index (κ2) is 9.52. The molecule has 1 saturated carbocycles. The van der Waals surface area contributed by atoms with Crippen LogP contribution in [0.2, 0.25) is 0 Å². The average Bonchev–Trinajstić information content (AvgIpc) is 2.81. The summed E-state index contributed by atoms with van der Waals surface area (Å²) in [7, 11) is -3.66.